The number of benzene rings is 1. The van der Waals surface area contributed by atoms with Crippen LogP contribution in [-0.4, -0.2) is 22.6 Å². The van der Waals surface area contributed by atoms with E-state index < -0.39 is 0 Å². The number of aryl methyl sites for hydroxylation is 1. The fraction of sp³-hybridized carbons (Fsp3) is 0.333. The normalized spacial score (nSPS) is 10.8. The molecule has 1 aromatic heterocycles. The number of halogens is 1. The molecule has 0 radical (unpaired) electrons. The van der Waals surface area contributed by atoms with Crippen LogP contribution in [0, 0.1) is 5.82 Å². The van der Waals surface area contributed by atoms with Crippen LogP contribution in [0.3, 0.4) is 0 Å². The number of carbonyl (C=O) groups excluding carboxylic acids is 1. The van der Waals surface area contributed by atoms with Crippen LogP contribution in [0.1, 0.15) is 12.7 Å². The van der Waals surface area contributed by atoms with Crippen molar-refractivity contribution in [2.45, 2.75) is 19.9 Å². The van der Waals surface area contributed by atoms with Gasteiger partial charge < -0.3 is 9.30 Å². The SMILES string of the molecule is CCn1c(CC(=O)OC)nc2ccc(F)cc21. The molecule has 0 N–H and O–H groups in total. The van der Waals surface area contributed by atoms with Crippen molar-refractivity contribution in [3.05, 3.63) is 29.8 Å². The Kier molecular flexibility index (Phi) is 3.08. The molecule has 0 saturated heterocycles. The minimum Gasteiger partial charge on any atom is -0.469 e. The molecule has 0 fully saturated rings. The zero-order chi connectivity index (χ0) is 12.4. The molecule has 0 spiro atoms. The standard InChI is InChI=1S/C12H13FN2O2/c1-3-15-10-6-8(13)4-5-9(10)14-11(15)7-12(16)17-2/h4-6H,3,7H2,1-2H3. The third-order valence-electron chi connectivity index (χ3n) is 2.64. The zero-order valence-electron chi connectivity index (χ0n) is 9.74. The van der Waals surface area contributed by atoms with E-state index in [9.17, 15) is 9.18 Å². The number of methoxy groups -OCH3 is 1. The van der Waals surface area contributed by atoms with Gasteiger partial charge in [0.1, 0.15) is 18.1 Å². The van der Waals surface area contributed by atoms with Crippen molar-refractivity contribution in [2.24, 2.45) is 0 Å². The van der Waals surface area contributed by atoms with Gasteiger partial charge in [0.25, 0.3) is 0 Å². The lowest BCUT2D eigenvalue weighted by Gasteiger charge is -2.04. The first-order valence-corrected chi connectivity index (χ1v) is 5.37. The molecular weight excluding hydrogens is 223 g/mol. The molecule has 1 heterocycles. The highest BCUT2D eigenvalue weighted by atomic mass is 19.1. The second-order valence-electron chi connectivity index (χ2n) is 3.66. The number of fused-ring (bicyclic) bond motifs is 1. The van der Waals surface area contributed by atoms with Crippen molar-refractivity contribution in [1.82, 2.24) is 9.55 Å². The molecule has 17 heavy (non-hydrogen) atoms. The fourth-order valence-corrected chi connectivity index (χ4v) is 1.83. The largest absolute Gasteiger partial charge is 0.469 e. The molecule has 0 bridgehead atoms. The van der Waals surface area contributed by atoms with E-state index in [1.165, 1.54) is 19.2 Å². The number of hydrogen-bond donors (Lipinski definition) is 0. The quantitative estimate of drug-likeness (QED) is 0.765. The first-order chi connectivity index (χ1) is 8.15. The van der Waals surface area contributed by atoms with Gasteiger partial charge in [-0.25, -0.2) is 9.37 Å². The zero-order valence-corrected chi connectivity index (χ0v) is 9.74. The van der Waals surface area contributed by atoms with Crippen molar-refractivity contribution in [3.63, 3.8) is 0 Å². The van der Waals surface area contributed by atoms with Gasteiger partial charge in [0, 0.05) is 6.54 Å². The Morgan fingerprint density at radius 1 is 1.53 bits per heavy atom. The summed E-state index contributed by atoms with van der Waals surface area (Å²) in [6, 6.07) is 4.39. The molecule has 0 saturated carbocycles. The molecule has 0 atom stereocenters. The van der Waals surface area contributed by atoms with E-state index in [4.69, 9.17) is 0 Å². The summed E-state index contributed by atoms with van der Waals surface area (Å²) in [6.07, 6.45) is 0.0979. The van der Waals surface area contributed by atoms with Gasteiger partial charge in [-0.1, -0.05) is 0 Å². The summed E-state index contributed by atoms with van der Waals surface area (Å²) in [5.41, 5.74) is 1.39. The smallest absolute Gasteiger partial charge is 0.313 e. The molecule has 0 aliphatic heterocycles. The van der Waals surface area contributed by atoms with Gasteiger partial charge in [0.2, 0.25) is 0 Å². The van der Waals surface area contributed by atoms with E-state index in [-0.39, 0.29) is 18.2 Å². The van der Waals surface area contributed by atoms with Crippen molar-refractivity contribution < 1.29 is 13.9 Å². The lowest BCUT2D eigenvalue weighted by molar-refractivity contribution is -0.139. The Hall–Kier alpha value is -1.91. The lowest BCUT2D eigenvalue weighted by atomic mass is 10.3. The maximum Gasteiger partial charge on any atom is 0.313 e. The molecule has 2 aromatic rings. The highest BCUT2D eigenvalue weighted by Crippen LogP contribution is 2.18. The van der Waals surface area contributed by atoms with Crippen LogP contribution in [0.5, 0.6) is 0 Å². The predicted molar refractivity (Wildman–Crippen MR) is 61.1 cm³/mol. The van der Waals surface area contributed by atoms with Crippen LogP contribution in [0.2, 0.25) is 0 Å². The summed E-state index contributed by atoms with van der Waals surface area (Å²) in [5.74, 6) is -0.0628. The fourth-order valence-electron chi connectivity index (χ4n) is 1.83. The number of aromatic nitrogens is 2. The van der Waals surface area contributed by atoms with Crippen molar-refractivity contribution >= 4 is 17.0 Å². The van der Waals surface area contributed by atoms with Crippen LogP contribution in [0.15, 0.2) is 18.2 Å². The minimum absolute atomic E-state index is 0.0979. The maximum atomic E-state index is 13.2. The van der Waals surface area contributed by atoms with E-state index in [1.807, 2.05) is 11.5 Å². The summed E-state index contributed by atoms with van der Waals surface area (Å²) < 4.78 is 19.6. The Balaban J connectivity index is 2.52. The molecule has 2 rings (SSSR count). The van der Waals surface area contributed by atoms with Crippen LogP contribution >= 0.6 is 0 Å². The average molecular weight is 236 g/mol. The number of hydrogen-bond acceptors (Lipinski definition) is 3. The number of esters is 1. The van der Waals surface area contributed by atoms with Gasteiger partial charge in [-0.3, -0.25) is 4.79 Å². The van der Waals surface area contributed by atoms with E-state index in [0.29, 0.717) is 23.4 Å². The molecule has 0 unspecified atom stereocenters. The van der Waals surface area contributed by atoms with Crippen LogP contribution in [-0.2, 0) is 22.5 Å². The summed E-state index contributed by atoms with van der Waals surface area (Å²) in [5, 5.41) is 0. The summed E-state index contributed by atoms with van der Waals surface area (Å²) in [7, 11) is 1.33. The highest BCUT2D eigenvalue weighted by molar-refractivity contribution is 5.78. The topological polar surface area (TPSA) is 44.1 Å². The molecule has 4 nitrogen and oxygen atoms in total. The summed E-state index contributed by atoms with van der Waals surface area (Å²) in [4.78, 5) is 15.6. The third-order valence-corrected chi connectivity index (χ3v) is 2.64. The van der Waals surface area contributed by atoms with Crippen molar-refractivity contribution in [2.75, 3.05) is 7.11 Å². The minimum atomic E-state index is -0.351. The first kappa shape index (κ1) is 11.6. The molecule has 0 aliphatic rings. The summed E-state index contributed by atoms with van der Waals surface area (Å²) in [6.45, 7) is 2.55. The number of nitrogens with zero attached hydrogens (tertiary/aromatic N) is 2. The van der Waals surface area contributed by atoms with Crippen LogP contribution in [0.25, 0.3) is 11.0 Å². The Bertz CT molecular complexity index is 563. The van der Waals surface area contributed by atoms with E-state index in [0.717, 1.165) is 0 Å². The Morgan fingerprint density at radius 2 is 2.29 bits per heavy atom. The highest BCUT2D eigenvalue weighted by Gasteiger charge is 2.13. The van der Waals surface area contributed by atoms with Gasteiger partial charge in [-0.2, -0.15) is 0 Å². The number of imidazole rings is 1. The van der Waals surface area contributed by atoms with Crippen LogP contribution in [0.4, 0.5) is 4.39 Å². The Labute approximate surface area is 98.0 Å². The van der Waals surface area contributed by atoms with Crippen molar-refractivity contribution in [1.29, 1.82) is 0 Å². The molecule has 1 aromatic carbocycles. The third kappa shape index (κ3) is 2.13. The van der Waals surface area contributed by atoms with Gasteiger partial charge in [-0.05, 0) is 25.1 Å². The van der Waals surface area contributed by atoms with Gasteiger partial charge >= 0.3 is 5.97 Å². The van der Waals surface area contributed by atoms with Gasteiger partial charge in [0.15, 0.2) is 0 Å². The van der Waals surface area contributed by atoms with Gasteiger partial charge in [0.05, 0.1) is 18.1 Å². The molecule has 90 valence electrons. The first-order valence-electron chi connectivity index (χ1n) is 5.37. The average Bonchev–Trinajstić information content (AvgIpc) is 2.65. The molecular formula is C12H13FN2O2. The van der Waals surface area contributed by atoms with E-state index in [2.05, 4.69) is 9.72 Å². The second kappa shape index (κ2) is 4.53. The van der Waals surface area contributed by atoms with Gasteiger partial charge in [-0.15, -0.1) is 0 Å². The predicted octanol–water partition coefficient (Wildman–Crippen LogP) is 1.91. The van der Waals surface area contributed by atoms with E-state index >= 15 is 0 Å². The maximum absolute atomic E-state index is 13.2. The number of ether oxygens (including phenoxy) is 1. The monoisotopic (exact) mass is 236 g/mol. The summed E-state index contributed by atoms with van der Waals surface area (Å²) >= 11 is 0. The lowest BCUT2D eigenvalue weighted by Crippen LogP contribution is -2.10. The van der Waals surface area contributed by atoms with Crippen LogP contribution < -0.4 is 0 Å². The molecule has 0 amide bonds. The molecule has 5 heteroatoms. The second-order valence-corrected chi connectivity index (χ2v) is 3.66. The van der Waals surface area contributed by atoms with E-state index in [1.54, 1.807) is 6.07 Å². The number of rotatable bonds is 3. The number of carbonyl (C=O) groups is 1. The Morgan fingerprint density at radius 3 is 2.94 bits per heavy atom. The molecule has 0 aliphatic carbocycles. The van der Waals surface area contributed by atoms with Crippen molar-refractivity contribution in [3.8, 4) is 0 Å².